The number of benzene rings is 3. The van der Waals surface area contributed by atoms with Gasteiger partial charge in [0, 0.05) is 5.69 Å². The number of alkyl halides is 3. The molecule has 0 radical (unpaired) electrons. The molecule has 0 spiro atoms. The fourth-order valence-electron chi connectivity index (χ4n) is 3.45. The highest BCUT2D eigenvalue weighted by molar-refractivity contribution is 6.38. The van der Waals surface area contributed by atoms with Crippen molar-refractivity contribution in [3.63, 3.8) is 0 Å². The Bertz CT molecular complexity index is 1160. The quantitative estimate of drug-likeness (QED) is 0.316. The molecule has 0 unspecified atom stereocenters. The molecule has 8 heteroatoms. The molecule has 35 heavy (non-hydrogen) atoms. The Morgan fingerprint density at radius 1 is 0.800 bits per heavy atom. The average Bonchev–Trinajstić information content (AvgIpc) is 2.81. The fraction of sp³-hybridized carbons (Fsp3) is 0.259. The van der Waals surface area contributed by atoms with Crippen molar-refractivity contribution >= 4 is 17.6 Å². The van der Waals surface area contributed by atoms with Gasteiger partial charge in [-0.2, -0.15) is 0 Å². The molecule has 0 fully saturated rings. The van der Waals surface area contributed by atoms with Crippen molar-refractivity contribution in [3.8, 4) is 16.9 Å². The molecule has 0 atom stereocenters. The second-order valence-electron chi connectivity index (χ2n) is 8.95. The van der Waals surface area contributed by atoms with Crippen molar-refractivity contribution in [3.05, 3.63) is 83.9 Å². The highest BCUT2D eigenvalue weighted by atomic mass is 19.4. The molecule has 0 aromatic heterocycles. The van der Waals surface area contributed by atoms with Crippen LogP contribution in [-0.4, -0.2) is 25.3 Å². The van der Waals surface area contributed by atoms with Gasteiger partial charge in [-0.25, -0.2) is 4.79 Å². The minimum Gasteiger partial charge on any atom is -0.462 e. The standard InChI is InChI=1S/C27H26F3NO4/c1-26(2,3)21-11-5-18(6-12-21)17-31(24(32)25(33)34-4)22-13-7-19(8-14-22)20-9-15-23(16-10-20)35-27(28,29)30/h5-16H,17H2,1-4H3. The Morgan fingerprint density at radius 3 is 1.77 bits per heavy atom. The number of nitrogens with zero attached hydrogens (tertiary/aromatic N) is 1. The number of halogens is 3. The first kappa shape index (κ1) is 25.8. The molecule has 3 rings (SSSR count). The van der Waals surface area contributed by atoms with Crippen LogP contribution in [0, 0.1) is 0 Å². The van der Waals surface area contributed by atoms with E-state index in [2.05, 4.69) is 30.2 Å². The van der Waals surface area contributed by atoms with Crippen LogP contribution in [-0.2, 0) is 26.3 Å². The Kier molecular flexibility index (Phi) is 7.53. The predicted octanol–water partition coefficient (Wildman–Crippen LogP) is 6.26. The summed E-state index contributed by atoms with van der Waals surface area (Å²) in [5.74, 6) is -2.11. The molecule has 184 valence electrons. The normalized spacial score (nSPS) is 11.6. The number of anilines is 1. The molecule has 0 aliphatic rings. The van der Waals surface area contributed by atoms with Crippen molar-refractivity contribution in [2.75, 3.05) is 12.0 Å². The Balaban J connectivity index is 1.84. The van der Waals surface area contributed by atoms with Gasteiger partial charge in [0.2, 0.25) is 0 Å². The van der Waals surface area contributed by atoms with Gasteiger partial charge in [0.05, 0.1) is 13.7 Å². The molecule has 1 amide bonds. The zero-order valence-corrected chi connectivity index (χ0v) is 19.8. The van der Waals surface area contributed by atoms with Gasteiger partial charge < -0.3 is 9.47 Å². The van der Waals surface area contributed by atoms with Crippen LogP contribution in [0.15, 0.2) is 72.8 Å². The fourth-order valence-corrected chi connectivity index (χ4v) is 3.45. The molecule has 0 heterocycles. The summed E-state index contributed by atoms with van der Waals surface area (Å²) < 4.78 is 45.6. The third kappa shape index (κ3) is 6.85. The zero-order chi connectivity index (χ0) is 25.8. The zero-order valence-electron chi connectivity index (χ0n) is 19.8. The smallest absolute Gasteiger partial charge is 0.462 e. The number of amides is 1. The van der Waals surface area contributed by atoms with Crippen LogP contribution in [0.1, 0.15) is 31.9 Å². The highest BCUT2D eigenvalue weighted by Crippen LogP contribution is 2.29. The number of hydrogen-bond acceptors (Lipinski definition) is 4. The van der Waals surface area contributed by atoms with E-state index in [0.29, 0.717) is 16.8 Å². The van der Waals surface area contributed by atoms with E-state index in [1.165, 1.54) is 29.2 Å². The lowest BCUT2D eigenvalue weighted by Crippen LogP contribution is -2.36. The number of carbonyl (C=O) groups is 2. The second-order valence-corrected chi connectivity index (χ2v) is 8.95. The summed E-state index contributed by atoms with van der Waals surface area (Å²) in [6.45, 7) is 6.47. The van der Waals surface area contributed by atoms with E-state index < -0.39 is 18.2 Å². The van der Waals surface area contributed by atoms with Crippen LogP contribution in [0.5, 0.6) is 5.75 Å². The lowest BCUT2D eigenvalue weighted by molar-refractivity contribution is -0.274. The van der Waals surface area contributed by atoms with E-state index in [0.717, 1.165) is 18.2 Å². The van der Waals surface area contributed by atoms with Crippen molar-refractivity contribution < 1.29 is 32.2 Å². The molecule has 0 aliphatic heterocycles. The molecular formula is C27H26F3NO4. The van der Waals surface area contributed by atoms with E-state index in [1.54, 1.807) is 24.3 Å². The minimum atomic E-state index is -4.76. The maximum absolute atomic E-state index is 12.8. The van der Waals surface area contributed by atoms with Gasteiger partial charge in [0.25, 0.3) is 0 Å². The van der Waals surface area contributed by atoms with Crippen molar-refractivity contribution in [1.29, 1.82) is 0 Å². The summed E-state index contributed by atoms with van der Waals surface area (Å²) in [5.41, 5.74) is 3.80. The van der Waals surface area contributed by atoms with Gasteiger partial charge in [-0.1, -0.05) is 69.3 Å². The van der Waals surface area contributed by atoms with Gasteiger partial charge in [-0.15, -0.1) is 13.2 Å². The van der Waals surface area contributed by atoms with Crippen LogP contribution >= 0.6 is 0 Å². The average molecular weight is 486 g/mol. The number of carbonyl (C=O) groups excluding carboxylic acids is 2. The highest BCUT2D eigenvalue weighted by Gasteiger charge is 2.31. The van der Waals surface area contributed by atoms with Crippen LogP contribution in [0.4, 0.5) is 18.9 Å². The summed E-state index contributed by atoms with van der Waals surface area (Å²) in [6, 6.07) is 20.0. The minimum absolute atomic E-state index is 0.0209. The summed E-state index contributed by atoms with van der Waals surface area (Å²) in [4.78, 5) is 26.1. The van der Waals surface area contributed by atoms with E-state index in [1.807, 2.05) is 24.3 Å². The summed E-state index contributed by atoms with van der Waals surface area (Å²) >= 11 is 0. The van der Waals surface area contributed by atoms with Gasteiger partial charge in [0.1, 0.15) is 5.75 Å². The van der Waals surface area contributed by atoms with Crippen molar-refractivity contribution in [1.82, 2.24) is 0 Å². The molecule has 3 aromatic carbocycles. The lowest BCUT2D eigenvalue weighted by atomic mass is 9.87. The molecule has 0 N–H and O–H groups in total. The number of rotatable bonds is 5. The molecule has 0 saturated carbocycles. The summed E-state index contributed by atoms with van der Waals surface area (Å²) in [7, 11) is 1.14. The van der Waals surface area contributed by atoms with Gasteiger partial charge in [-0.05, 0) is 51.9 Å². The maximum Gasteiger partial charge on any atom is 0.573 e. The summed E-state index contributed by atoms with van der Waals surface area (Å²) in [6.07, 6.45) is -4.76. The molecular weight excluding hydrogens is 459 g/mol. The van der Waals surface area contributed by atoms with Gasteiger partial charge >= 0.3 is 18.2 Å². The predicted molar refractivity (Wildman–Crippen MR) is 127 cm³/mol. The second kappa shape index (κ2) is 10.2. The third-order valence-corrected chi connectivity index (χ3v) is 5.37. The first-order valence-corrected chi connectivity index (χ1v) is 10.8. The maximum atomic E-state index is 12.8. The Hall–Kier alpha value is -3.81. The van der Waals surface area contributed by atoms with Crippen molar-refractivity contribution in [2.24, 2.45) is 0 Å². The van der Waals surface area contributed by atoms with E-state index >= 15 is 0 Å². The van der Waals surface area contributed by atoms with Crippen LogP contribution < -0.4 is 9.64 Å². The number of methoxy groups -OCH3 is 1. The topological polar surface area (TPSA) is 55.8 Å². The lowest BCUT2D eigenvalue weighted by Gasteiger charge is -2.23. The first-order chi connectivity index (χ1) is 16.4. The third-order valence-electron chi connectivity index (χ3n) is 5.37. The van der Waals surface area contributed by atoms with Crippen LogP contribution in [0.2, 0.25) is 0 Å². The summed E-state index contributed by atoms with van der Waals surface area (Å²) in [5, 5.41) is 0. The van der Waals surface area contributed by atoms with Crippen molar-refractivity contribution in [2.45, 2.75) is 39.1 Å². The van der Waals surface area contributed by atoms with E-state index in [-0.39, 0.29) is 17.7 Å². The van der Waals surface area contributed by atoms with Gasteiger partial charge in [-0.3, -0.25) is 9.69 Å². The molecule has 5 nitrogen and oxygen atoms in total. The molecule has 0 aliphatic carbocycles. The Morgan fingerprint density at radius 2 is 1.31 bits per heavy atom. The SMILES string of the molecule is COC(=O)C(=O)N(Cc1ccc(C(C)(C)C)cc1)c1ccc(-c2ccc(OC(F)(F)F)cc2)cc1. The van der Waals surface area contributed by atoms with Gasteiger partial charge in [0.15, 0.2) is 0 Å². The molecule has 0 saturated heterocycles. The number of hydrogen-bond donors (Lipinski definition) is 0. The van der Waals surface area contributed by atoms with Crippen LogP contribution in [0.25, 0.3) is 11.1 Å². The van der Waals surface area contributed by atoms with E-state index in [4.69, 9.17) is 0 Å². The monoisotopic (exact) mass is 485 g/mol. The van der Waals surface area contributed by atoms with E-state index in [9.17, 15) is 22.8 Å². The number of esters is 1. The largest absolute Gasteiger partial charge is 0.573 e. The Labute approximate surface area is 202 Å². The van der Waals surface area contributed by atoms with Crippen LogP contribution in [0.3, 0.4) is 0 Å². The molecule has 3 aromatic rings. The number of ether oxygens (including phenoxy) is 2. The first-order valence-electron chi connectivity index (χ1n) is 10.8. The molecule has 0 bridgehead atoms.